The second-order valence-corrected chi connectivity index (χ2v) is 3.40. The highest BCUT2D eigenvalue weighted by Crippen LogP contribution is 2.29. The average molecular weight is 177 g/mol. The first-order chi connectivity index (χ1) is 6.33. The van der Waals surface area contributed by atoms with Gasteiger partial charge in [0, 0.05) is 24.8 Å². The molecule has 3 nitrogen and oxygen atoms in total. The van der Waals surface area contributed by atoms with E-state index in [4.69, 9.17) is 11.5 Å². The summed E-state index contributed by atoms with van der Waals surface area (Å²) < 4.78 is 0. The highest BCUT2D eigenvalue weighted by Gasteiger charge is 2.16. The monoisotopic (exact) mass is 177 g/mol. The first-order valence-corrected chi connectivity index (χ1v) is 4.64. The first kappa shape index (κ1) is 8.53. The second-order valence-electron chi connectivity index (χ2n) is 3.40. The van der Waals surface area contributed by atoms with Crippen LogP contribution >= 0.6 is 0 Å². The molecule has 1 aromatic carbocycles. The Morgan fingerprint density at radius 2 is 2.31 bits per heavy atom. The van der Waals surface area contributed by atoms with E-state index in [1.165, 1.54) is 11.3 Å². The summed E-state index contributed by atoms with van der Waals surface area (Å²) in [6.07, 6.45) is 1.10. The SMILES string of the molecule is NC[C@@H](N)c1cccc2c1NCC2. The summed E-state index contributed by atoms with van der Waals surface area (Å²) in [5.74, 6) is 0. The van der Waals surface area contributed by atoms with Crippen LogP contribution in [-0.2, 0) is 6.42 Å². The summed E-state index contributed by atoms with van der Waals surface area (Å²) in [5, 5.41) is 3.35. The van der Waals surface area contributed by atoms with Crippen molar-refractivity contribution >= 4 is 5.69 Å². The van der Waals surface area contributed by atoms with Crippen molar-refractivity contribution in [2.75, 3.05) is 18.4 Å². The molecule has 0 amide bonds. The number of rotatable bonds is 2. The lowest BCUT2D eigenvalue weighted by Crippen LogP contribution is -2.21. The van der Waals surface area contributed by atoms with Gasteiger partial charge in [-0.15, -0.1) is 0 Å². The Hall–Kier alpha value is -1.06. The molecule has 1 aromatic rings. The number of hydrogen-bond donors (Lipinski definition) is 3. The zero-order chi connectivity index (χ0) is 9.26. The van der Waals surface area contributed by atoms with Crippen molar-refractivity contribution < 1.29 is 0 Å². The van der Waals surface area contributed by atoms with Crippen LogP contribution in [0.2, 0.25) is 0 Å². The molecule has 13 heavy (non-hydrogen) atoms. The Balaban J connectivity index is 2.41. The molecule has 0 spiro atoms. The number of nitrogens with one attached hydrogen (secondary N) is 1. The summed E-state index contributed by atoms with van der Waals surface area (Å²) in [5.41, 5.74) is 15.2. The standard InChI is InChI=1S/C10H15N3/c11-6-9(12)8-3-1-2-7-4-5-13-10(7)8/h1-3,9,13H,4-6,11-12H2/t9-/m1/s1. The van der Waals surface area contributed by atoms with Crippen molar-refractivity contribution in [2.45, 2.75) is 12.5 Å². The third kappa shape index (κ3) is 1.41. The predicted molar refractivity (Wildman–Crippen MR) is 54.6 cm³/mol. The van der Waals surface area contributed by atoms with Gasteiger partial charge in [0.05, 0.1) is 0 Å². The van der Waals surface area contributed by atoms with Crippen LogP contribution in [0.3, 0.4) is 0 Å². The third-order valence-corrected chi connectivity index (χ3v) is 2.53. The van der Waals surface area contributed by atoms with Gasteiger partial charge in [0.15, 0.2) is 0 Å². The lowest BCUT2D eigenvalue weighted by Gasteiger charge is -2.13. The molecule has 1 atom stereocenters. The fraction of sp³-hybridized carbons (Fsp3) is 0.400. The Kier molecular flexibility index (Phi) is 2.20. The Labute approximate surface area is 78.1 Å². The van der Waals surface area contributed by atoms with E-state index >= 15 is 0 Å². The van der Waals surface area contributed by atoms with Gasteiger partial charge in [0.1, 0.15) is 0 Å². The summed E-state index contributed by atoms with van der Waals surface area (Å²) in [6, 6.07) is 6.20. The number of nitrogens with two attached hydrogens (primary N) is 2. The lowest BCUT2D eigenvalue weighted by atomic mass is 10.0. The van der Waals surface area contributed by atoms with Crippen LogP contribution in [0.4, 0.5) is 5.69 Å². The molecule has 1 aliphatic heterocycles. The summed E-state index contributed by atoms with van der Waals surface area (Å²) in [7, 11) is 0. The van der Waals surface area contributed by atoms with Gasteiger partial charge in [-0.05, 0) is 17.5 Å². The van der Waals surface area contributed by atoms with Gasteiger partial charge in [-0.25, -0.2) is 0 Å². The molecular formula is C10H15N3. The van der Waals surface area contributed by atoms with Gasteiger partial charge in [-0.2, -0.15) is 0 Å². The van der Waals surface area contributed by atoms with Gasteiger partial charge >= 0.3 is 0 Å². The minimum Gasteiger partial charge on any atom is -0.384 e. The van der Waals surface area contributed by atoms with E-state index in [1.807, 2.05) is 0 Å². The Bertz CT molecular complexity index is 309. The average Bonchev–Trinajstić information content (AvgIpc) is 2.63. The van der Waals surface area contributed by atoms with Crippen molar-refractivity contribution in [3.8, 4) is 0 Å². The van der Waals surface area contributed by atoms with Crippen LogP contribution in [0, 0.1) is 0 Å². The molecule has 0 radical (unpaired) electrons. The van der Waals surface area contributed by atoms with E-state index in [0.29, 0.717) is 6.54 Å². The van der Waals surface area contributed by atoms with Crippen molar-refractivity contribution in [3.63, 3.8) is 0 Å². The van der Waals surface area contributed by atoms with E-state index in [2.05, 4.69) is 23.5 Å². The van der Waals surface area contributed by atoms with Crippen LogP contribution < -0.4 is 16.8 Å². The molecule has 0 bridgehead atoms. The van der Waals surface area contributed by atoms with Crippen LogP contribution in [0.25, 0.3) is 0 Å². The predicted octanol–water partition coefficient (Wildman–Crippen LogP) is 0.613. The van der Waals surface area contributed by atoms with Gasteiger partial charge in [-0.1, -0.05) is 18.2 Å². The molecule has 70 valence electrons. The van der Waals surface area contributed by atoms with Crippen LogP contribution in [0.15, 0.2) is 18.2 Å². The largest absolute Gasteiger partial charge is 0.384 e. The third-order valence-electron chi connectivity index (χ3n) is 2.53. The second kappa shape index (κ2) is 3.36. The molecule has 0 saturated carbocycles. The molecule has 0 aliphatic carbocycles. The zero-order valence-electron chi connectivity index (χ0n) is 7.59. The van der Waals surface area contributed by atoms with Gasteiger partial charge in [0.25, 0.3) is 0 Å². The van der Waals surface area contributed by atoms with E-state index in [1.54, 1.807) is 0 Å². The summed E-state index contributed by atoms with van der Waals surface area (Å²) in [4.78, 5) is 0. The number of benzene rings is 1. The molecule has 1 aliphatic rings. The van der Waals surface area contributed by atoms with Crippen molar-refractivity contribution in [3.05, 3.63) is 29.3 Å². The molecule has 3 heteroatoms. The lowest BCUT2D eigenvalue weighted by molar-refractivity contribution is 0.739. The number of fused-ring (bicyclic) bond motifs is 1. The van der Waals surface area contributed by atoms with Gasteiger partial charge < -0.3 is 16.8 Å². The van der Waals surface area contributed by atoms with E-state index in [-0.39, 0.29) is 6.04 Å². The fourth-order valence-electron chi connectivity index (χ4n) is 1.80. The maximum absolute atomic E-state index is 5.90. The molecular weight excluding hydrogens is 162 g/mol. The maximum atomic E-state index is 5.90. The van der Waals surface area contributed by atoms with Crippen molar-refractivity contribution in [2.24, 2.45) is 11.5 Å². The van der Waals surface area contributed by atoms with Crippen LogP contribution in [-0.4, -0.2) is 13.1 Å². The highest BCUT2D eigenvalue weighted by atomic mass is 14.9. The molecule has 5 N–H and O–H groups in total. The summed E-state index contributed by atoms with van der Waals surface area (Å²) in [6.45, 7) is 1.52. The minimum atomic E-state index is -0.0412. The minimum absolute atomic E-state index is 0.0412. The smallest absolute Gasteiger partial charge is 0.0440 e. The number of para-hydroxylation sites is 1. The summed E-state index contributed by atoms with van der Waals surface area (Å²) >= 11 is 0. The van der Waals surface area contributed by atoms with Crippen molar-refractivity contribution in [1.82, 2.24) is 0 Å². The zero-order valence-corrected chi connectivity index (χ0v) is 7.59. The van der Waals surface area contributed by atoms with E-state index in [9.17, 15) is 0 Å². The fourth-order valence-corrected chi connectivity index (χ4v) is 1.80. The Morgan fingerprint density at radius 3 is 3.08 bits per heavy atom. The molecule has 0 saturated heterocycles. The molecule has 1 heterocycles. The van der Waals surface area contributed by atoms with E-state index < -0.39 is 0 Å². The highest BCUT2D eigenvalue weighted by molar-refractivity contribution is 5.62. The quantitative estimate of drug-likeness (QED) is 0.620. The van der Waals surface area contributed by atoms with Gasteiger partial charge in [-0.3, -0.25) is 0 Å². The Morgan fingerprint density at radius 1 is 1.46 bits per heavy atom. The van der Waals surface area contributed by atoms with Crippen LogP contribution in [0.1, 0.15) is 17.2 Å². The topological polar surface area (TPSA) is 64.1 Å². The van der Waals surface area contributed by atoms with Crippen LogP contribution in [0.5, 0.6) is 0 Å². The maximum Gasteiger partial charge on any atom is 0.0440 e. The van der Waals surface area contributed by atoms with Gasteiger partial charge in [0.2, 0.25) is 0 Å². The van der Waals surface area contributed by atoms with Crippen molar-refractivity contribution in [1.29, 1.82) is 0 Å². The molecule has 0 unspecified atom stereocenters. The number of anilines is 1. The molecule has 0 aromatic heterocycles. The number of hydrogen-bond acceptors (Lipinski definition) is 3. The normalized spacial score (nSPS) is 16.5. The van der Waals surface area contributed by atoms with E-state index in [0.717, 1.165) is 18.5 Å². The molecule has 0 fully saturated rings. The first-order valence-electron chi connectivity index (χ1n) is 4.64. The molecule has 2 rings (SSSR count).